The van der Waals surface area contributed by atoms with Gasteiger partial charge in [0.2, 0.25) is 0 Å². The molecule has 1 heterocycles. The molecule has 1 N–H and O–H groups in total. The van der Waals surface area contributed by atoms with Crippen LogP contribution >= 0.6 is 11.3 Å². The smallest absolute Gasteiger partial charge is 0.418 e. The topological polar surface area (TPSA) is 54.5 Å². The van der Waals surface area contributed by atoms with E-state index >= 15 is 0 Å². The Balaban J connectivity index is 1.54. The second-order valence-corrected chi connectivity index (χ2v) is 8.54. The SMILES string of the molecule is COc1ccc2nc(-c3ccc(NC(=O)c4ccc(N(C)C)c(C(F)(F)F)c4)cc3)sc2c1. The number of aromatic nitrogens is 1. The number of thiazole rings is 1. The molecule has 0 saturated carbocycles. The summed E-state index contributed by atoms with van der Waals surface area (Å²) in [6, 6.07) is 16.2. The molecular weight excluding hydrogens is 451 g/mol. The molecule has 0 aliphatic carbocycles. The molecule has 170 valence electrons. The molecule has 0 aliphatic rings. The molecule has 3 aromatic carbocycles. The van der Waals surface area contributed by atoms with Crippen molar-refractivity contribution in [1.29, 1.82) is 0 Å². The summed E-state index contributed by atoms with van der Waals surface area (Å²) in [6.45, 7) is 0. The summed E-state index contributed by atoms with van der Waals surface area (Å²) in [5.41, 5.74) is 1.26. The zero-order valence-electron chi connectivity index (χ0n) is 18.0. The van der Waals surface area contributed by atoms with Crippen LogP contribution in [0, 0.1) is 0 Å². The Morgan fingerprint density at radius 1 is 1.03 bits per heavy atom. The number of amides is 1. The molecule has 9 heteroatoms. The minimum absolute atomic E-state index is 0.00291. The van der Waals surface area contributed by atoms with E-state index in [9.17, 15) is 18.0 Å². The lowest BCUT2D eigenvalue weighted by Crippen LogP contribution is -2.19. The Kier molecular flexibility index (Phi) is 5.99. The molecule has 0 radical (unpaired) electrons. The highest BCUT2D eigenvalue weighted by molar-refractivity contribution is 7.21. The van der Waals surface area contributed by atoms with Gasteiger partial charge in [0.1, 0.15) is 10.8 Å². The number of nitrogens with one attached hydrogen (secondary N) is 1. The maximum Gasteiger partial charge on any atom is 0.418 e. The van der Waals surface area contributed by atoms with Crippen molar-refractivity contribution in [3.63, 3.8) is 0 Å². The second kappa shape index (κ2) is 8.74. The molecule has 5 nitrogen and oxygen atoms in total. The molecule has 33 heavy (non-hydrogen) atoms. The number of rotatable bonds is 5. The molecule has 0 fully saturated rings. The lowest BCUT2D eigenvalue weighted by molar-refractivity contribution is -0.137. The Bertz CT molecular complexity index is 1320. The fourth-order valence-corrected chi connectivity index (χ4v) is 4.35. The van der Waals surface area contributed by atoms with Gasteiger partial charge in [0.15, 0.2) is 0 Å². The first kappa shape index (κ1) is 22.6. The number of methoxy groups -OCH3 is 1. The summed E-state index contributed by atoms with van der Waals surface area (Å²) in [5.74, 6) is 0.133. The summed E-state index contributed by atoms with van der Waals surface area (Å²) in [7, 11) is 4.65. The van der Waals surface area contributed by atoms with E-state index in [1.807, 2.05) is 18.2 Å². The predicted octanol–water partition coefficient (Wildman–Crippen LogP) is 6.31. The van der Waals surface area contributed by atoms with Gasteiger partial charge in [-0.1, -0.05) is 0 Å². The van der Waals surface area contributed by atoms with E-state index in [-0.39, 0.29) is 11.3 Å². The van der Waals surface area contributed by atoms with Crippen LogP contribution in [0.4, 0.5) is 24.5 Å². The summed E-state index contributed by atoms with van der Waals surface area (Å²) in [5, 5.41) is 3.46. The van der Waals surface area contributed by atoms with Gasteiger partial charge in [0.05, 0.1) is 22.9 Å². The van der Waals surface area contributed by atoms with E-state index in [1.54, 1.807) is 31.4 Å². The van der Waals surface area contributed by atoms with E-state index in [0.29, 0.717) is 5.69 Å². The maximum absolute atomic E-state index is 13.4. The van der Waals surface area contributed by atoms with Crippen molar-refractivity contribution < 1.29 is 22.7 Å². The van der Waals surface area contributed by atoms with E-state index in [4.69, 9.17) is 4.74 Å². The number of ether oxygens (including phenoxy) is 1. The quantitative estimate of drug-likeness (QED) is 0.371. The monoisotopic (exact) mass is 471 g/mol. The molecule has 0 unspecified atom stereocenters. The van der Waals surface area contributed by atoms with E-state index < -0.39 is 17.6 Å². The first-order chi connectivity index (χ1) is 15.7. The largest absolute Gasteiger partial charge is 0.497 e. The maximum atomic E-state index is 13.4. The normalized spacial score (nSPS) is 11.5. The van der Waals surface area contributed by atoms with Gasteiger partial charge in [-0.05, 0) is 60.7 Å². The molecule has 0 saturated heterocycles. The fraction of sp³-hybridized carbons (Fsp3) is 0.167. The molecule has 0 bridgehead atoms. The summed E-state index contributed by atoms with van der Waals surface area (Å²) < 4.78 is 46.5. The second-order valence-electron chi connectivity index (χ2n) is 7.51. The van der Waals surface area contributed by atoms with Gasteiger partial charge < -0.3 is 15.0 Å². The lowest BCUT2D eigenvalue weighted by Gasteiger charge is -2.20. The van der Waals surface area contributed by atoms with E-state index in [0.717, 1.165) is 32.6 Å². The molecular formula is C24H20F3N3O2S. The first-order valence-corrected chi connectivity index (χ1v) is 10.7. The lowest BCUT2D eigenvalue weighted by atomic mass is 10.1. The average molecular weight is 472 g/mol. The van der Waals surface area contributed by atoms with Gasteiger partial charge in [-0.15, -0.1) is 11.3 Å². The highest BCUT2D eigenvalue weighted by Crippen LogP contribution is 2.37. The Morgan fingerprint density at radius 3 is 2.39 bits per heavy atom. The van der Waals surface area contributed by atoms with Gasteiger partial charge in [-0.3, -0.25) is 4.79 Å². The van der Waals surface area contributed by atoms with Gasteiger partial charge in [-0.2, -0.15) is 13.2 Å². The van der Waals surface area contributed by atoms with Crippen molar-refractivity contribution in [3.05, 3.63) is 71.8 Å². The summed E-state index contributed by atoms with van der Waals surface area (Å²) in [6.07, 6.45) is -4.57. The van der Waals surface area contributed by atoms with Crippen LogP contribution in [0.1, 0.15) is 15.9 Å². The van der Waals surface area contributed by atoms with Crippen molar-refractivity contribution in [2.75, 3.05) is 31.4 Å². The number of anilines is 2. The number of hydrogen-bond acceptors (Lipinski definition) is 5. The van der Waals surface area contributed by atoms with Crippen LogP contribution in [0.25, 0.3) is 20.8 Å². The Morgan fingerprint density at radius 2 is 1.76 bits per heavy atom. The molecule has 4 aromatic rings. The van der Waals surface area contributed by atoms with Crippen LogP contribution in [-0.2, 0) is 6.18 Å². The fourth-order valence-electron chi connectivity index (χ4n) is 3.35. The van der Waals surface area contributed by atoms with E-state index in [1.165, 1.54) is 42.5 Å². The van der Waals surface area contributed by atoms with E-state index in [2.05, 4.69) is 10.3 Å². The molecule has 0 spiro atoms. The highest BCUT2D eigenvalue weighted by Gasteiger charge is 2.34. The van der Waals surface area contributed by atoms with Gasteiger partial charge in [-0.25, -0.2) is 4.98 Å². The van der Waals surface area contributed by atoms with Crippen LogP contribution in [0.3, 0.4) is 0 Å². The van der Waals surface area contributed by atoms with Crippen LogP contribution in [0.5, 0.6) is 5.75 Å². The third-order valence-corrected chi connectivity index (χ3v) is 6.10. The van der Waals surface area contributed by atoms with Crippen molar-refractivity contribution >= 4 is 38.8 Å². The van der Waals surface area contributed by atoms with Crippen molar-refractivity contribution in [2.24, 2.45) is 0 Å². The molecule has 0 aliphatic heterocycles. The van der Waals surface area contributed by atoms with Gasteiger partial charge >= 0.3 is 6.18 Å². The summed E-state index contributed by atoms with van der Waals surface area (Å²) >= 11 is 1.52. The summed E-state index contributed by atoms with van der Waals surface area (Å²) in [4.78, 5) is 18.6. The van der Waals surface area contributed by atoms with Crippen molar-refractivity contribution in [2.45, 2.75) is 6.18 Å². The number of benzene rings is 3. The third kappa shape index (κ3) is 4.78. The molecule has 0 atom stereocenters. The molecule has 1 amide bonds. The Labute approximate surface area is 192 Å². The van der Waals surface area contributed by atoms with Crippen LogP contribution < -0.4 is 15.0 Å². The molecule has 1 aromatic heterocycles. The van der Waals surface area contributed by atoms with Gasteiger partial charge in [0, 0.05) is 36.6 Å². The zero-order chi connectivity index (χ0) is 23.8. The number of carbonyl (C=O) groups excluding carboxylic acids is 1. The highest BCUT2D eigenvalue weighted by atomic mass is 32.1. The predicted molar refractivity (Wildman–Crippen MR) is 125 cm³/mol. The minimum atomic E-state index is -4.57. The van der Waals surface area contributed by atoms with Crippen LogP contribution in [0.15, 0.2) is 60.7 Å². The molecule has 4 rings (SSSR count). The van der Waals surface area contributed by atoms with Crippen LogP contribution in [0.2, 0.25) is 0 Å². The third-order valence-electron chi connectivity index (χ3n) is 5.03. The van der Waals surface area contributed by atoms with Crippen LogP contribution in [-0.4, -0.2) is 32.1 Å². The number of hydrogen-bond donors (Lipinski definition) is 1. The van der Waals surface area contributed by atoms with Gasteiger partial charge in [0.25, 0.3) is 5.91 Å². The van der Waals surface area contributed by atoms with Crippen molar-refractivity contribution in [3.8, 4) is 16.3 Å². The van der Waals surface area contributed by atoms with Crippen molar-refractivity contribution in [1.82, 2.24) is 4.98 Å². The minimum Gasteiger partial charge on any atom is -0.497 e. The number of alkyl halides is 3. The number of halogens is 3. The zero-order valence-corrected chi connectivity index (χ0v) is 18.8. The number of nitrogens with zero attached hydrogens (tertiary/aromatic N) is 2. The standard InChI is InChI=1S/C24H20F3N3O2S/c1-30(2)20-11-6-15(12-18(20)24(25,26)27)22(31)28-16-7-4-14(5-8-16)23-29-19-10-9-17(32-3)13-21(19)33-23/h4-13H,1-3H3,(H,28,31). The number of fused-ring (bicyclic) bond motifs is 1. The average Bonchev–Trinajstić information content (AvgIpc) is 3.21. The first-order valence-electron chi connectivity index (χ1n) is 9.90. The Hall–Kier alpha value is -3.59. The number of carbonyl (C=O) groups is 1.